The second kappa shape index (κ2) is 6.23. The summed E-state index contributed by atoms with van der Waals surface area (Å²) in [6, 6.07) is 7.49. The number of anilines is 1. The maximum atomic E-state index is 11.8. The van der Waals surface area contributed by atoms with Gasteiger partial charge in [-0.25, -0.2) is 4.79 Å². The summed E-state index contributed by atoms with van der Waals surface area (Å²) >= 11 is 3.37. The average molecular weight is 312 g/mol. The van der Waals surface area contributed by atoms with E-state index in [1.165, 1.54) is 6.42 Å². The monoisotopic (exact) mass is 311 g/mol. The molecule has 1 saturated carbocycles. The Bertz CT molecular complexity index is 422. The largest absolute Gasteiger partial charge is 0.446 e. The summed E-state index contributed by atoms with van der Waals surface area (Å²) in [6.45, 7) is 2.15. The average Bonchev–Trinajstić information content (AvgIpc) is 2.32. The highest BCUT2D eigenvalue weighted by molar-refractivity contribution is 9.10. The fourth-order valence-electron chi connectivity index (χ4n) is 2.31. The predicted octanol–water partition coefficient (Wildman–Crippen LogP) is 4.58. The lowest BCUT2D eigenvalue weighted by molar-refractivity contribution is 0.0524. The van der Waals surface area contributed by atoms with Crippen LogP contribution in [0.3, 0.4) is 0 Å². The summed E-state index contributed by atoms with van der Waals surface area (Å²) in [5, 5.41) is 2.76. The molecule has 0 saturated heterocycles. The van der Waals surface area contributed by atoms with Gasteiger partial charge in [0.25, 0.3) is 0 Å². The van der Waals surface area contributed by atoms with Crippen LogP contribution in [-0.2, 0) is 4.74 Å². The van der Waals surface area contributed by atoms with Crippen molar-refractivity contribution in [3.05, 3.63) is 28.7 Å². The van der Waals surface area contributed by atoms with Crippen molar-refractivity contribution in [2.24, 2.45) is 5.92 Å². The van der Waals surface area contributed by atoms with Crippen LogP contribution in [0.1, 0.15) is 32.6 Å². The van der Waals surface area contributed by atoms with Crippen molar-refractivity contribution in [3.8, 4) is 0 Å². The standard InChI is InChI=1S/C14H18BrNO2/c1-10-5-2-3-8-13(10)18-14(17)16-12-7-4-6-11(15)9-12/h4,6-7,9-10,13H,2-3,5,8H2,1H3,(H,16,17)/t10-,13-/m1/s1. The third kappa shape index (κ3) is 3.73. The smallest absolute Gasteiger partial charge is 0.411 e. The van der Waals surface area contributed by atoms with E-state index in [1.54, 1.807) is 0 Å². The number of halogens is 1. The van der Waals surface area contributed by atoms with Crippen LogP contribution in [0.5, 0.6) is 0 Å². The first-order valence-corrected chi connectivity index (χ1v) is 7.17. The summed E-state index contributed by atoms with van der Waals surface area (Å²) in [5.74, 6) is 0.465. The molecule has 0 heterocycles. The molecule has 0 aromatic heterocycles. The quantitative estimate of drug-likeness (QED) is 0.868. The van der Waals surface area contributed by atoms with Crippen molar-refractivity contribution in [2.45, 2.75) is 38.7 Å². The van der Waals surface area contributed by atoms with Gasteiger partial charge in [0.2, 0.25) is 0 Å². The molecule has 0 spiro atoms. The Hall–Kier alpha value is -1.03. The van der Waals surface area contributed by atoms with Crippen LogP contribution in [0.25, 0.3) is 0 Å². The van der Waals surface area contributed by atoms with Gasteiger partial charge in [0.15, 0.2) is 0 Å². The van der Waals surface area contributed by atoms with Crippen LogP contribution in [0.2, 0.25) is 0 Å². The minimum atomic E-state index is -0.355. The minimum Gasteiger partial charge on any atom is -0.446 e. The molecule has 2 atom stereocenters. The lowest BCUT2D eigenvalue weighted by atomic mass is 9.88. The van der Waals surface area contributed by atoms with Crippen LogP contribution in [-0.4, -0.2) is 12.2 Å². The first-order valence-electron chi connectivity index (χ1n) is 6.38. The Morgan fingerprint density at radius 1 is 1.39 bits per heavy atom. The highest BCUT2D eigenvalue weighted by atomic mass is 79.9. The molecule has 4 heteroatoms. The van der Waals surface area contributed by atoms with E-state index in [0.717, 1.165) is 29.4 Å². The molecule has 98 valence electrons. The molecule has 3 nitrogen and oxygen atoms in total. The van der Waals surface area contributed by atoms with Gasteiger partial charge in [0.1, 0.15) is 6.10 Å². The van der Waals surface area contributed by atoms with E-state index in [-0.39, 0.29) is 12.2 Å². The number of nitrogens with one attached hydrogen (secondary N) is 1. The van der Waals surface area contributed by atoms with Crippen LogP contribution in [0, 0.1) is 5.92 Å². The second-order valence-corrected chi connectivity index (χ2v) is 5.76. The van der Waals surface area contributed by atoms with Crippen molar-refractivity contribution >= 4 is 27.7 Å². The first-order chi connectivity index (χ1) is 8.65. The third-order valence-corrected chi connectivity index (χ3v) is 3.86. The molecule has 1 amide bonds. The van der Waals surface area contributed by atoms with Gasteiger partial charge in [0, 0.05) is 10.2 Å². The van der Waals surface area contributed by atoms with Gasteiger partial charge in [-0.1, -0.05) is 35.3 Å². The highest BCUT2D eigenvalue weighted by Gasteiger charge is 2.24. The molecule has 0 unspecified atom stereocenters. The molecule has 0 bridgehead atoms. The zero-order valence-electron chi connectivity index (χ0n) is 10.5. The van der Waals surface area contributed by atoms with E-state index < -0.39 is 0 Å². The molecule has 0 aliphatic heterocycles. The topological polar surface area (TPSA) is 38.3 Å². The molecule has 1 aromatic carbocycles. The Morgan fingerprint density at radius 2 is 2.17 bits per heavy atom. The summed E-state index contributed by atoms with van der Waals surface area (Å²) < 4.78 is 6.42. The number of hydrogen-bond acceptors (Lipinski definition) is 2. The van der Waals surface area contributed by atoms with Crippen molar-refractivity contribution < 1.29 is 9.53 Å². The number of carbonyl (C=O) groups excluding carboxylic acids is 1. The molecule has 1 N–H and O–H groups in total. The molecule has 1 aliphatic rings. The zero-order chi connectivity index (χ0) is 13.0. The van der Waals surface area contributed by atoms with Gasteiger partial charge in [-0.15, -0.1) is 0 Å². The summed E-state index contributed by atoms with van der Waals surface area (Å²) in [7, 11) is 0. The van der Waals surface area contributed by atoms with Crippen molar-refractivity contribution in [1.82, 2.24) is 0 Å². The molecular weight excluding hydrogens is 294 g/mol. The van der Waals surface area contributed by atoms with Crippen LogP contribution < -0.4 is 5.32 Å². The van der Waals surface area contributed by atoms with E-state index in [0.29, 0.717) is 5.92 Å². The van der Waals surface area contributed by atoms with E-state index in [9.17, 15) is 4.79 Å². The SMILES string of the molecule is C[C@@H]1CCCC[C@H]1OC(=O)Nc1cccc(Br)c1. The van der Waals surface area contributed by atoms with E-state index in [4.69, 9.17) is 4.74 Å². The number of amides is 1. The van der Waals surface area contributed by atoms with Gasteiger partial charge in [-0.05, 0) is 43.4 Å². The number of rotatable bonds is 2. The Kier molecular flexibility index (Phi) is 4.64. The van der Waals surface area contributed by atoms with Crippen molar-refractivity contribution in [3.63, 3.8) is 0 Å². The van der Waals surface area contributed by atoms with Crippen molar-refractivity contribution in [2.75, 3.05) is 5.32 Å². The molecule has 1 fully saturated rings. The van der Waals surface area contributed by atoms with Gasteiger partial charge >= 0.3 is 6.09 Å². The normalized spacial score (nSPS) is 23.4. The van der Waals surface area contributed by atoms with Crippen LogP contribution >= 0.6 is 15.9 Å². The van der Waals surface area contributed by atoms with Crippen LogP contribution in [0.4, 0.5) is 10.5 Å². The molecular formula is C14H18BrNO2. The second-order valence-electron chi connectivity index (χ2n) is 4.84. The lowest BCUT2D eigenvalue weighted by Crippen LogP contribution is -2.30. The van der Waals surface area contributed by atoms with E-state index in [2.05, 4.69) is 28.2 Å². The third-order valence-electron chi connectivity index (χ3n) is 3.36. The number of ether oxygens (including phenoxy) is 1. The molecule has 0 radical (unpaired) electrons. The van der Waals surface area contributed by atoms with Gasteiger partial charge in [-0.2, -0.15) is 0 Å². The molecule has 1 aromatic rings. The van der Waals surface area contributed by atoms with Gasteiger partial charge in [0.05, 0.1) is 0 Å². The number of hydrogen-bond donors (Lipinski definition) is 1. The first kappa shape index (κ1) is 13.4. The van der Waals surface area contributed by atoms with Crippen LogP contribution in [0.15, 0.2) is 28.7 Å². The zero-order valence-corrected chi connectivity index (χ0v) is 12.1. The van der Waals surface area contributed by atoms with Gasteiger partial charge in [-0.3, -0.25) is 5.32 Å². The molecule has 1 aliphatic carbocycles. The minimum absolute atomic E-state index is 0.0610. The fourth-order valence-corrected chi connectivity index (χ4v) is 2.71. The molecule has 2 rings (SSSR count). The lowest BCUT2D eigenvalue weighted by Gasteiger charge is -2.28. The Morgan fingerprint density at radius 3 is 2.89 bits per heavy atom. The number of carbonyl (C=O) groups is 1. The van der Waals surface area contributed by atoms with E-state index in [1.807, 2.05) is 24.3 Å². The van der Waals surface area contributed by atoms with Gasteiger partial charge < -0.3 is 4.74 Å². The maximum Gasteiger partial charge on any atom is 0.411 e. The Balaban J connectivity index is 1.88. The molecule has 18 heavy (non-hydrogen) atoms. The number of benzene rings is 1. The van der Waals surface area contributed by atoms with Crippen molar-refractivity contribution in [1.29, 1.82) is 0 Å². The summed E-state index contributed by atoms with van der Waals surface area (Å²) in [6.07, 6.45) is 4.23. The van der Waals surface area contributed by atoms with E-state index >= 15 is 0 Å². The highest BCUT2D eigenvalue weighted by Crippen LogP contribution is 2.26. The Labute approximate surface area is 116 Å². The summed E-state index contributed by atoms with van der Waals surface area (Å²) in [5.41, 5.74) is 0.748. The fraction of sp³-hybridized carbons (Fsp3) is 0.500. The summed E-state index contributed by atoms with van der Waals surface area (Å²) in [4.78, 5) is 11.8. The predicted molar refractivity (Wildman–Crippen MR) is 75.7 cm³/mol. The maximum absolute atomic E-state index is 11.8.